The van der Waals surface area contributed by atoms with Gasteiger partial charge in [0, 0.05) is 24.6 Å². The minimum atomic E-state index is -0.514. The van der Waals surface area contributed by atoms with Gasteiger partial charge in [0.25, 0.3) is 5.79 Å². The summed E-state index contributed by atoms with van der Waals surface area (Å²) in [6.45, 7) is 0.540. The van der Waals surface area contributed by atoms with Crippen molar-refractivity contribution in [1.82, 2.24) is 10.2 Å². The first kappa shape index (κ1) is 20.2. The minimum absolute atomic E-state index is 0.114. The van der Waals surface area contributed by atoms with Crippen LogP contribution in [0.4, 0.5) is 10.8 Å². The predicted octanol–water partition coefficient (Wildman–Crippen LogP) is 4.91. The molecular formula is C21H22N4O4S2. The molecule has 1 fully saturated rings. The Morgan fingerprint density at radius 3 is 2.84 bits per heavy atom. The molecule has 5 rings (SSSR count). The Bertz CT molecular complexity index is 1050. The fourth-order valence-electron chi connectivity index (χ4n) is 3.71. The van der Waals surface area contributed by atoms with Gasteiger partial charge in [0.1, 0.15) is 5.76 Å². The normalized spacial score (nSPS) is 16.4. The van der Waals surface area contributed by atoms with E-state index < -0.39 is 5.79 Å². The van der Waals surface area contributed by atoms with Gasteiger partial charge in [-0.3, -0.25) is 4.79 Å². The summed E-state index contributed by atoms with van der Waals surface area (Å²) in [6, 6.07) is 9.27. The number of aromatic nitrogens is 2. The molecule has 0 atom stereocenters. The number of thioether (sulfide) groups is 1. The van der Waals surface area contributed by atoms with Gasteiger partial charge >= 0.3 is 0 Å². The van der Waals surface area contributed by atoms with E-state index in [0.717, 1.165) is 41.5 Å². The van der Waals surface area contributed by atoms with E-state index in [-0.39, 0.29) is 11.7 Å². The lowest BCUT2D eigenvalue weighted by atomic mass is 9.94. The van der Waals surface area contributed by atoms with Gasteiger partial charge in [-0.2, -0.15) is 0 Å². The fraction of sp³-hybridized carbons (Fsp3) is 0.381. The van der Waals surface area contributed by atoms with Crippen molar-refractivity contribution in [2.24, 2.45) is 0 Å². The van der Waals surface area contributed by atoms with E-state index in [4.69, 9.17) is 13.9 Å². The summed E-state index contributed by atoms with van der Waals surface area (Å²) < 4.78 is 18.2. The van der Waals surface area contributed by atoms with Crippen LogP contribution in [-0.2, 0) is 11.3 Å². The third-order valence-electron chi connectivity index (χ3n) is 5.16. The maximum atomic E-state index is 12.4. The van der Waals surface area contributed by atoms with E-state index in [9.17, 15) is 4.79 Å². The molecule has 2 aromatic heterocycles. The Balaban J connectivity index is 1.11. The maximum absolute atomic E-state index is 12.4. The van der Waals surface area contributed by atoms with Crippen LogP contribution in [0.3, 0.4) is 0 Å². The molecule has 1 amide bonds. The summed E-state index contributed by atoms with van der Waals surface area (Å²) >= 11 is 2.75. The number of anilines is 2. The van der Waals surface area contributed by atoms with Gasteiger partial charge in [-0.05, 0) is 37.1 Å². The lowest BCUT2D eigenvalue weighted by Crippen LogP contribution is -2.40. The molecule has 1 aromatic carbocycles. The number of hydrogen-bond acceptors (Lipinski definition) is 9. The summed E-state index contributed by atoms with van der Waals surface area (Å²) in [7, 11) is 0. The van der Waals surface area contributed by atoms with Crippen molar-refractivity contribution < 1.29 is 18.7 Å². The second kappa shape index (κ2) is 8.80. The minimum Gasteiger partial charge on any atom is -0.467 e. The molecule has 1 spiro atoms. The van der Waals surface area contributed by atoms with Crippen LogP contribution in [0.1, 0.15) is 37.9 Å². The largest absolute Gasteiger partial charge is 0.467 e. The molecule has 0 bridgehead atoms. The molecule has 0 radical (unpaired) electrons. The van der Waals surface area contributed by atoms with Crippen LogP contribution in [0.5, 0.6) is 11.5 Å². The average Bonchev–Trinajstić information content (AvgIpc) is 3.51. The topological polar surface area (TPSA) is 98.5 Å². The third kappa shape index (κ3) is 4.80. The highest BCUT2D eigenvalue weighted by atomic mass is 32.2. The smallest absolute Gasteiger partial charge is 0.251 e. The first-order valence-electron chi connectivity index (χ1n) is 10.2. The molecule has 2 aliphatic rings. The lowest BCUT2D eigenvalue weighted by Gasteiger charge is -2.31. The zero-order chi connectivity index (χ0) is 21.1. The number of benzene rings is 1. The van der Waals surface area contributed by atoms with Gasteiger partial charge in [-0.15, -0.1) is 10.2 Å². The van der Waals surface area contributed by atoms with Gasteiger partial charge in [0.15, 0.2) is 15.8 Å². The fourth-order valence-corrected chi connectivity index (χ4v) is 5.25. The number of ether oxygens (including phenoxy) is 2. The number of amides is 1. The molecule has 1 aliphatic carbocycles. The van der Waals surface area contributed by atoms with Crippen molar-refractivity contribution in [3.63, 3.8) is 0 Å². The zero-order valence-electron chi connectivity index (χ0n) is 16.8. The molecule has 1 aliphatic heterocycles. The third-order valence-corrected chi connectivity index (χ3v) is 7.18. The van der Waals surface area contributed by atoms with Crippen LogP contribution in [0.15, 0.2) is 45.4 Å². The number of carbonyl (C=O) groups is 1. The number of hydrogen-bond donors (Lipinski definition) is 2. The standard InChI is InChI=1S/C21H22N4O4S2/c26-18(13-30-20-25-24-19(31-20)22-12-15-5-4-10-27-15)23-14-6-7-16-17(11-14)29-21(28-16)8-2-1-3-9-21/h4-7,10-11H,1-3,8-9,12-13H2,(H,22,24)(H,23,26). The molecule has 8 nitrogen and oxygen atoms in total. The quantitative estimate of drug-likeness (QED) is 0.482. The summed E-state index contributed by atoms with van der Waals surface area (Å²) in [5.74, 6) is 1.88. The Hall–Kier alpha value is -2.72. The lowest BCUT2D eigenvalue weighted by molar-refractivity contribution is -0.113. The van der Waals surface area contributed by atoms with E-state index in [1.54, 1.807) is 6.26 Å². The Kier molecular flexibility index (Phi) is 5.73. The molecule has 10 heteroatoms. The number of rotatable bonds is 7. The predicted molar refractivity (Wildman–Crippen MR) is 119 cm³/mol. The number of nitrogens with one attached hydrogen (secondary N) is 2. The van der Waals surface area contributed by atoms with Crippen molar-refractivity contribution >= 4 is 39.8 Å². The molecule has 1 saturated carbocycles. The van der Waals surface area contributed by atoms with Crippen LogP contribution < -0.4 is 20.1 Å². The molecule has 2 N–H and O–H groups in total. The summed E-state index contributed by atoms with van der Waals surface area (Å²) in [4.78, 5) is 12.4. The molecule has 31 heavy (non-hydrogen) atoms. The molecule has 0 unspecified atom stereocenters. The van der Waals surface area contributed by atoms with Crippen LogP contribution in [0.25, 0.3) is 0 Å². The first-order chi connectivity index (χ1) is 15.2. The van der Waals surface area contributed by atoms with Gasteiger partial charge < -0.3 is 24.5 Å². The number of fused-ring (bicyclic) bond motifs is 1. The van der Waals surface area contributed by atoms with Crippen molar-refractivity contribution in [3.8, 4) is 11.5 Å². The van der Waals surface area contributed by atoms with Gasteiger partial charge in [-0.25, -0.2) is 0 Å². The van der Waals surface area contributed by atoms with Crippen molar-refractivity contribution in [2.45, 2.75) is 48.8 Å². The summed E-state index contributed by atoms with van der Waals surface area (Å²) in [5.41, 5.74) is 0.693. The highest BCUT2D eigenvalue weighted by molar-refractivity contribution is 8.01. The Morgan fingerprint density at radius 2 is 2.00 bits per heavy atom. The molecule has 3 aromatic rings. The second-order valence-electron chi connectivity index (χ2n) is 7.48. The van der Waals surface area contributed by atoms with E-state index >= 15 is 0 Å². The van der Waals surface area contributed by atoms with Crippen LogP contribution >= 0.6 is 23.1 Å². The van der Waals surface area contributed by atoms with E-state index in [1.807, 2.05) is 30.3 Å². The van der Waals surface area contributed by atoms with Crippen LogP contribution in [0, 0.1) is 0 Å². The molecule has 0 saturated heterocycles. The molecule has 3 heterocycles. The highest BCUT2D eigenvalue weighted by Gasteiger charge is 2.42. The number of furan rings is 1. The monoisotopic (exact) mass is 458 g/mol. The van der Waals surface area contributed by atoms with Gasteiger partial charge in [-0.1, -0.05) is 29.5 Å². The number of carbonyl (C=O) groups excluding carboxylic acids is 1. The SMILES string of the molecule is O=C(CSc1nnc(NCc2ccco2)s1)Nc1ccc2c(c1)OC1(CCCCC1)O2. The van der Waals surface area contributed by atoms with E-state index in [0.29, 0.717) is 23.1 Å². The van der Waals surface area contributed by atoms with Gasteiger partial charge in [0.2, 0.25) is 11.0 Å². The summed E-state index contributed by atoms with van der Waals surface area (Å²) in [6.07, 6.45) is 6.88. The average molecular weight is 459 g/mol. The van der Waals surface area contributed by atoms with Crippen molar-refractivity contribution in [2.75, 3.05) is 16.4 Å². The Morgan fingerprint density at radius 1 is 1.13 bits per heavy atom. The van der Waals surface area contributed by atoms with E-state index in [1.165, 1.54) is 29.5 Å². The van der Waals surface area contributed by atoms with Crippen LogP contribution in [-0.4, -0.2) is 27.6 Å². The maximum Gasteiger partial charge on any atom is 0.251 e. The Labute approximate surface area is 187 Å². The van der Waals surface area contributed by atoms with E-state index in [2.05, 4.69) is 20.8 Å². The van der Waals surface area contributed by atoms with Gasteiger partial charge in [0.05, 0.1) is 18.6 Å². The highest BCUT2D eigenvalue weighted by Crippen LogP contribution is 2.46. The molecular weight excluding hydrogens is 436 g/mol. The molecule has 162 valence electrons. The van der Waals surface area contributed by atoms with Crippen molar-refractivity contribution in [1.29, 1.82) is 0 Å². The number of nitrogens with zero attached hydrogens (tertiary/aromatic N) is 2. The second-order valence-corrected chi connectivity index (χ2v) is 9.68. The van der Waals surface area contributed by atoms with Crippen LogP contribution in [0.2, 0.25) is 0 Å². The summed E-state index contributed by atoms with van der Waals surface area (Å²) in [5, 5.41) is 15.0. The van der Waals surface area contributed by atoms with Crippen molar-refractivity contribution in [3.05, 3.63) is 42.4 Å². The zero-order valence-corrected chi connectivity index (χ0v) is 18.4. The first-order valence-corrected chi connectivity index (χ1v) is 12.0.